The third-order valence-corrected chi connectivity index (χ3v) is 4.19. The summed E-state index contributed by atoms with van der Waals surface area (Å²) >= 11 is 0. The van der Waals surface area contributed by atoms with E-state index in [1.54, 1.807) is 0 Å². The van der Waals surface area contributed by atoms with Gasteiger partial charge in [0, 0.05) is 12.1 Å². The topological polar surface area (TPSA) is 15.3 Å². The summed E-state index contributed by atoms with van der Waals surface area (Å²) in [6, 6.07) is 1.65. The molecular weight excluding hydrogens is 172 g/mol. The van der Waals surface area contributed by atoms with Crippen LogP contribution in [0.1, 0.15) is 39.5 Å². The standard InChI is InChI=1S/C12H24N2/c1-10-4-3-9-14(10)11(2)12-5-7-13-8-6-12/h10-13H,3-9H2,1-2H3. The molecule has 0 aliphatic carbocycles. The first kappa shape index (κ1) is 10.4. The summed E-state index contributed by atoms with van der Waals surface area (Å²) in [5.74, 6) is 0.941. The second-order valence-corrected chi connectivity index (χ2v) is 5.06. The van der Waals surface area contributed by atoms with E-state index >= 15 is 0 Å². The van der Waals surface area contributed by atoms with Crippen LogP contribution in [0.25, 0.3) is 0 Å². The van der Waals surface area contributed by atoms with Gasteiger partial charge >= 0.3 is 0 Å². The maximum atomic E-state index is 3.45. The third kappa shape index (κ3) is 2.12. The van der Waals surface area contributed by atoms with E-state index in [-0.39, 0.29) is 0 Å². The Hall–Kier alpha value is -0.0800. The van der Waals surface area contributed by atoms with Gasteiger partial charge in [-0.1, -0.05) is 0 Å². The van der Waals surface area contributed by atoms with Gasteiger partial charge in [0.15, 0.2) is 0 Å². The maximum Gasteiger partial charge on any atom is 0.00989 e. The van der Waals surface area contributed by atoms with Crippen molar-refractivity contribution in [2.75, 3.05) is 19.6 Å². The molecule has 0 aromatic heterocycles. The third-order valence-electron chi connectivity index (χ3n) is 4.19. The molecule has 0 spiro atoms. The van der Waals surface area contributed by atoms with Gasteiger partial charge in [-0.15, -0.1) is 0 Å². The number of nitrogens with one attached hydrogen (secondary N) is 1. The van der Waals surface area contributed by atoms with Crippen molar-refractivity contribution in [2.45, 2.75) is 51.6 Å². The van der Waals surface area contributed by atoms with Gasteiger partial charge < -0.3 is 5.32 Å². The van der Waals surface area contributed by atoms with E-state index < -0.39 is 0 Å². The molecule has 82 valence electrons. The number of piperidine rings is 1. The Bertz CT molecular complexity index is 175. The summed E-state index contributed by atoms with van der Waals surface area (Å²) in [5, 5.41) is 3.45. The second-order valence-electron chi connectivity index (χ2n) is 5.06. The van der Waals surface area contributed by atoms with Crippen molar-refractivity contribution in [1.82, 2.24) is 10.2 Å². The van der Waals surface area contributed by atoms with Gasteiger partial charge in [-0.05, 0) is 65.1 Å². The van der Waals surface area contributed by atoms with E-state index in [1.165, 1.54) is 45.3 Å². The first-order chi connectivity index (χ1) is 6.79. The Labute approximate surface area is 88.1 Å². The van der Waals surface area contributed by atoms with Crippen molar-refractivity contribution >= 4 is 0 Å². The number of hydrogen-bond donors (Lipinski definition) is 1. The molecule has 0 aromatic rings. The average Bonchev–Trinajstić information content (AvgIpc) is 2.65. The molecule has 0 radical (unpaired) electrons. The van der Waals surface area contributed by atoms with E-state index in [2.05, 4.69) is 24.1 Å². The summed E-state index contributed by atoms with van der Waals surface area (Å²) in [4.78, 5) is 2.73. The summed E-state index contributed by atoms with van der Waals surface area (Å²) < 4.78 is 0. The predicted octanol–water partition coefficient (Wildman–Crippen LogP) is 1.86. The van der Waals surface area contributed by atoms with Gasteiger partial charge in [0.1, 0.15) is 0 Å². The fraction of sp³-hybridized carbons (Fsp3) is 1.00. The number of likely N-dealkylation sites (tertiary alicyclic amines) is 1. The van der Waals surface area contributed by atoms with Crippen molar-refractivity contribution in [2.24, 2.45) is 5.92 Å². The van der Waals surface area contributed by atoms with Crippen LogP contribution >= 0.6 is 0 Å². The molecule has 0 saturated carbocycles. The van der Waals surface area contributed by atoms with Gasteiger partial charge in [-0.3, -0.25) is 4.90 Å². The SMILES string of the molecule is CC1CCCN1C(C)C1CCNCC1. The van der Waals surface area contributed by atoms with Crippen LogP contribution < -0.4 is 5.32 Å². The van der Waals surface area contributed by atoms with E-state index in [0.29, 0.717) is 0 Å². The monoisotopic (exact) mass is 196 g/mol. The largest absolute Gasteiger partial charge is 0.317 e. The zero-order valence-corrected chi connectivity index (χ0v) is 9.63. The molecule has 2 saturated heterocycles. The smallest absolute Gasteiger partial charge is 0.00989 e. The van der Waals surface area contributed by atoms with Crippen molar-refractivity contribution in [3.8, 4) is 0 Å². The summed E-state index contributed by atoms with van der Waals surface area (Å²) in [6.07, 6.45) is 5.58. The van der Waals surface area contributed by atoms with E-state index in [1.807, 2.05) is 0 Å². The zero-order chi connectivity index (χ0) is 9.97. The fourth-order valence-corrected chi connectivity index (χ4v) is 3.16. The van der Waals surface area contributed by atoms with Crippen LogP contribution in [0.4, 0.5) is 0 Å². The molecule has 2 nitrogen and oxygen atoms in total. The van der Waals surface area contributed by atoms with Gasteiger partial charge in [-0.25, -0.2) is 0 Å². The van der Waals surface area contributed by atoms with Crippen LogP contribution in [0.2, 0.25) is 0 Å². The Morgan fingerprint density at radius 3 is 2.50 bits per heavy atom. The Kier molecular flexibility index (Phi) is 3.45. The second kappa shape index (κ2) is 4.63. The minimum Gasteiger partial charge on any atom is -0.317 e. The van der Waals surface area contributed by atoms with Crippen LogP contribution in [0, 0.1) is 5.92 Å². The highest BCUT2D eigenvalue weighted by molar-refractivity contribution is 4.85. The van der Waals surface area contributed by atoms with Crippen LogP contribution in [-0.2, 0) is 0 Å². The normalized spacial score (nSPS) is 33.4. The molecule has 14 heavy (non-hydrogen) atoms. The molecule has 2 unspecified atom stereocenters. The number of nitrogens with zero attached hydrogens (tertiary/aromatic N) is 1. The fourth-order valence-electron chi connectivity index (χ4n) is 3.16. The molecule has 2 aliphatic rings. The van der Waals surface area contributed by atoms with Crippen LogP contribution in [0.15, 0.2) is 0 Å². The molecule has 2 atom stereocenters. The number of hydrogen-bond acceptors (Lipinski definition) is 2. The molecule has 0 bridgehead atoms. The van der Waals surface area contributed by atoms with Gasteiger partial charge in [0.2, 0.25) is 0 Å². The highest BCUT2D eigenvalue weighted by Gasteiger charge is 2.30. The van der Waals surface area contributed by atoms with Crippen molar-refractivity contribution in [3.63, 3.8) is 0 Å². The highest BCUT2D eigenvalue weighted by Crippen LogP contribution is 2.27. The summed E-state index contributed by atoms with van der Waals surface area (Å²) in [7, 11) is 0. The molecule has 0 aromatic carbocycles. The molecule has 2 heteroatoms. The average molecular weight is 196 g/mol. The lowest BCUT2D eigenvalue weighted by atomic mass is 9.90. The lowest BCUT2D eigenvalue weighted by Gasteiger charge is -2.36. The van der Waals surface area contributed by atoms with Gasteiger partial charge in [0.25, 0.3) is 0 Å². The van der Waals surface area contributed by atoms with Crippen molar-refractivity contribution in [1.29, 1.82) is 0 Å². The maximum absolute atomic E-state index is 3.45. The first-order valence-electron chi connectivity index (χ1n) is 6.25. The molecule has 2 aliphatic heterocycles. The minimum atomic E-state index is 0.814. The lowest BCUT2D eigenvalue weighted by molar-refractivity contribution is 0.128. The first-order valence-corrected chi connectivity index (χ1v) is 6.25. The number of rotatable bonds is 2. The van der Waals surface area contributed by atoms with Gasteiger partial charge in [-0.2, -0.15) is 0 Å². The van der Waals surface area contributed by atoms with Crippen LogP contribution in [0.5, 0.6) is 0 Å². The molecule has 2 rings (SSSR count). The molecule has 1 N–H and O–H groups in total. The minimum absolute atomic E-state index is 0.814. The van der Waals surface area contributed by atoms with Crippen LogP contribution in [-0.4, -0.2) is 36.6 Å². The molecule has 2 heterocycles. The Balaban J connectivity index is 1.89. The quantitative estimate of drug-likeness (QED) is 0.725. The van der Waals surface area contributed by atoms with E-state index in [0.717, 1.165) is 18.0 Å². The van der Waals surface area contributed by atoms with E-state index in [9.17, 15) is 0 Å². The predicted molar refractivity (Wildman–Crippen MR) is 60.5 cm³/mol. The Morgan fingerprint density at radius 2 is 1.93 bits per heavy atom. The highest BCUT2D eigenvalue weighted by atomic mass is 15.2. The van der Waals surface area contributed by atoms with Crippen molar-refractivity contribution < 1.29 is 0 Å². The van der Waals surface area contributed by atoms with E-state index in [4.69, 9.17) is 0 Å². The van der Waals surface area contributed by atoms with Crippen molar-refractivity contribution in [3.05, 3.63) is 0 Å². The summed E-state index contributed by atoms with van der Waals surface area (Å²) in [5.41, 5.74) is 0. The molecular formula is C12H24N2. The van der Waals surface area contributed by atoms with Crippen LogP contribution in [0.3, 0.4) is 0 Å². The Morgan fingerprint density at radius 1 is 1.21 bits per heavy atom. The summed E-state index contributed by atoms with van der Waals surface area (Å²) in [6.45, 7) is 8.64. The molecule has 0 amide bonds. The lowest BCUT2D eigenvalue weighted by Crippen LogP contribution is -2.44. The van der Waals surface area contributed by atoms with Gasteiger partial charge in [0.05, 0.1) is 0 Å². The zero-order valence-electron chi connectivity index (χ0n) is 9.63. The molecule has 2 fully saturated rings.